The lowest BCUT2D eigenvalue weighted by Gasteiger charge is -2.20. The lowest BCUT2D eigenvalue weighted by Crippen LogP contribution is -2.34. The van der Waals surface area contributed by atoms with E-state index in [4.69, 9.17) is 10.2 Å². The lowest BCUT2D eigenvalue weighted by atomic mass is 10.0. The predicted molar refractivity (Wildman–Crippen MR) is 88.4 cm³/mol. The summed E-state index contributed by atoms with van der Waals surface area (Å²) >= 11 is 0. The number of aliphatic hydroxyl groups is 1. The van der Waals surface area contributed by atoms with Gasteiger partial charge in [-0.15, -0.1) is 0 Å². The third kappa shape index (κ3) is 7.86. The number of aliphatic hydroxyl groups excluding tert-OH is 1. The molecule has 1 aliphatic rings. The van der Waals surface area contributed by atoms with Crippen LogP contribution < -0.4 is 5.32 Å². The van der Waals surface area contributed by atoms with Gasteiger partial charge in [-0.2, -0.15) is 0 Å². The molecular formula is C17H23FN2O5. The molecule has 1 saturated heterocycles. The quantitative estimate of drug-likeness (QED) is 0.576. The van der Waals surface area contributed by atoms with Crippen LogP contribution in [0.1, 0.15) is 44.3 Å². The molecule has 0 saturated carbocycles. The zero-order valence-electron chi connectivity index (χ0n) is 13.9. The maximum Gasteiger partial charge on any atom is 0.328 e. The molecule has 4 N–H and O–H groups in total. The first-order valence-electron chi connectivity index (χ1n) is 8.02. The van der Waals surface area contributed by atoms with Crippen molar-refractivity contribution in [3.63, 3.8) is 0 Å². The molecule has 0 aromatic carbocycles. The monoisotopic (exact) mass is 354 g/mol. The maximum absolute atomic E-state index is 13.0. The Balaban J connectivity index is 0.000000333. The number of pyridine rings is 1. The molecule has 2 rings (SSSR count). The van der Waals surface area contributed by atoms with Crippen LogP contribution in [0.25, 0.3) is 0 Å². The SMILES string of the molecule is CCC[C@@H]1CC[C@H]([C@@H](O)c2cncc(F)c2)N1.O=C(O)/C=C\C(=O)O. The van der Waals surface area contributed by atoms with Crippen LogP contribution in [0, 0.1) is 5.82 Å². The molecule has 2 heterocycles. The molecule has 25 heavy (non-hydrogen) atoms. The number of rotatable bonds is 6. The molecule has 0 unspecified atom stereocenters. The summed E-state index contributed by atoms with van der Waals surface area (Å²) in [4.78, 5) is 22.9. The number of hydrogen-bond donors (Lipinski definition) is 4. The topological polar surface area (TPSA) is 120 Å². The number of nitrogens with one attached hydrogen (secondary N) is 1. The zero-order chi connectivity index (χ0) is 18.8. The van der Waals surface area contributed by atoms with Crippen LogP contribution in [0.15, 0.2) is 30.6 Å². The van der Waals surface area contributed by atoms with E-state index in [-0.39, 0.29) is 6.04 Å². The van der Waals surface area contributed by atoms with Crippen molar-refractivity contribution in [1.82, 2.24) is 10.3 Å². The second-order valence-electron chi connectivity index (χ2n) is 5.73. The lowest BCUT2D eigenvalue weighted by molar-refractivity contribution is -0.134. The van der Waals surface area contributed by atoms with Crippen molar-refractivity contribution in [1.29, 1.82) is 0 Å². The molecule has 138 valence electrons. The van der Waals surface area contributed by atoms with Crippen molar-refractivity contribution in [2.45, 2.75) is 50.8 Å². The molecule has 0 radical (unpaired) electrons. The van der Waals surface area contributed by atoms with E-state index in [9.17, 15) is 19.1 Å². The predicted octanol–water partition coefficient (Wildman–Crippen LogP) is 1.89. The highest BCUT2D eigenvalue weighted by Crippen LogP contribution is 2.26. The van der Waals surface area contributed by atoms with E-state index in [1.54, 1.807) is 0 Å². The average Bonchev–Trinajstić information content (AvgIpc) is 3.02. The van der Waals surface area contributed by atoms with Gasteiger partial charge in [-0.25, -0.2) is 14.0 Å². The van der Waals surface area contributed by atoms with E-state index < -0.39 is 23.9 Å². The van der Waals surface area contributed by atoms with Gasteiger partial charge in [0.25, 0.3) is 0 Å². The Hall–Kier alpha value is -2.32. The van der Waals surface area contributed by atoms with Crippen LogP contribution >= 0.6 is 0 Å². The average molecular weight is 354 g/mol. The Labute approximate surface area is 145 Å². The Morgan fingerprint density at radius 1 is 1.32 bits per heavy atom. The van der Waals surface area contributed by atoms with Crippen molar-refractivity contribution < 1.29 is 29.3 Å². The van der Waals surface area contributed by atoms with Gasteiger partial charge in [0.15, 0.2) is 0 Å². The van der Waals surface area contributed by atoms with Crippen molar-refractivity contribution in [2.24, 2.45) is 0 Å². The number of nitrogens with zero attached hydrogens (tertiary/aromatic N) is 1. The van der Waals surface area contributed by atoms with Crippen LogP contribution in [0.4, 0.5) is 4.39 Å². The van der Waals surface area contributed by atoms with Crippen LogP contribution in [-0.4, -0.2) is 44.3 Å². The summed E-state index contributed by atoms with van der Waals surface area (Å²) < 4.78 is 13.0. The molecule has 1 aromatic heterocycles. The Morgan fingerprint density at radius 2 is 1.96 bits per heavy atom. The molecule has 8 heteroatoms. The van der Waals surface area contributed by atoms with Crippen molar-refractivity contribution in [3.05, 3.63) is 42.0 Å². The summed E-state index contributed by atoms with van der Waals surface area (Å²) in [5.41, 5.74) is 0.555. The van der Waals surface area contributed by atoms with Gasteiger partial charge in [-0.3, -0.25) is 4.98 Å². The van der Waals surface area contributed by atoms with Gasteiger partial charge in [0.1, 0.15) is 5.82 Å². The van der Waals surface area contributed by atoms with Crippen LogP contribution in [0.2, 0.25) is 0 Å². The third-order valence-electron chi connectivity index (χ3n) is 3.73. The number of carboxylic acids is 2. The number of carboxylic acid groups (broad SMARTS) is 2. The molecule has 0 amide bonds. The van der Waals surface area contributed by atoms with E-state index in [0.29, 0.717) is 23.8 Å². The third-order valence-corrected chi connectivity index (χ3v) is 3.73. The van der Waals surface area contributed by atoms with E-state index >= 15 is 0 Å². The molecule has 1 fully saturated rings. The normalized spacial score (nSPS) is 20.8. The smallest absolute Gasteiger partial charge is 0.328 e. The minimum absolute atomic E-state index is 0.0233. The van der Waals surface area contributed by atoms with Crippen LogP contribution in [0.5, 0.6) is 0 Å². The summed E-state index contributed by atoms with van der Waals surface area (Å²) in [6, 6.07) is 1.86. The van der Waals surface area contributed by atoms with Gasteiger partial charge < -0.3 is 20.6 Å². The first kappa shape index (κ1) is 20.7. The second-order valence-corrected chi connectivity index (χ2v) is 5.73. The van der Waals surface area contributed by atoms with E-state index in [2.05, 4.69) is 17.2 Å². The van der Waals surface area contributed by atoms with Gasteiger partial charge in [-0.05, 0) is 25.3 Å². The number of hydrogen-bond acceptors (Lipinski definition) is 5. The molecule has 1 aromatic rings. The number of aromatic nitrogens is 1. The maximum atomic E-state index is 13.0. The van der Waals surface area contributed by atoms with Crippen LogP contribution in [0.3, 0.4) is 0 Å². The Kier molecular flexibility index (Phi) is 8.73. The highest BCUT2D eigenvalue weighted by atomic mass is 19.1. The van der Waals surface area contributed by atoms with E-state index in [1.165, 1.54) is 12.3 Å². The highest BCUT2D eigenvalue weighted by molar-refractivity contribution is 5.89. The fourth-order valence-corrected chi connectivity index (χ4v) is 2.64. The number of halogens is 1. The minimum atomic E-state index is -1.26. The van der Waals surface area contributed by atoms with Crippen molar-refractivity contribution >= 4 is 11.9 Å². The molecular weight excluding hydrogens is 331 g/mol. The first-order valence-corrected chi connectivity index (χ1v) is 8.02. The summed E-state index contributed by atoms with van der Waals surface area (Å²) in [6.45, 7) is 2.15. The zero-order valence-corrected chi connectivity index (χ0v) is 13.9. The molecule has 1 aliphatic heterocycles. The van der Waals surface area contributed by atoms with Crippen molar-refractivity contribution in [3.8, 4) is 0 Å². The van der Waals surface area contributed by atoms with Gasteiger partial charge >= 0.3 is 11.9 Å². The Morgan fingerprint density at radius 3 is 2.48 bits per heavy atom. The van der Waals surface area contributed by atoms with Crippen LogP contribution in [-0.2, 0) is 9.59 Å². The summed E-state index contributed by atoms with van der Waals surface area (Å²) in [5, 5.41) is 29.2. The fourth-order valence-electron chi connectivity index (χ4n) is 2.64. The van der Waals surface area contributed by atoms with Gasteiger partial charge in [-0.1, -0.05) is 13.3 Å². The standard InChI is InChI=1S/C13H19FN2O.C4H4O4/c1-2-3-11-4-5-12(16-11)13(17)9-6-10(14)8-15-7-9;5-3(6)1-2-4(7)8/h6-8,11-13,16-17H,2-5H2,1H3;1-2H,(H,5,6)(H,7,8)/b;2-1-/t11-,12-,13+;/m1./s1. The molecule has 7 nitrogen and oxygen atoms in total. The fraction of sp³-hybridized carbons (Fsp3) is 0.471. The van der Waals surface area contributed by atoms with Gasteiger partial charge in [0, 0.05) is 36.0 Å². The Bertz CT molecular complexity index is 592. The molecule has 0 aliphatic carbocycles. The van der Waals surface area contributed by atoms with E-state index in [1.807, 2.05) is 0 Å². The molecule has 0 bridgehead atoms. The summed E-state index contributed by atoms with van der Waals surface area (Å²) in [5.74, 6) is -2.91. The second kappa shape index (κ2) is 10.5. The minimum Gasteiger partial charge on any atom is -0.478 e. The molecule has 3 atom stereocenters. The van der Waals surface area contributed by atoms with E-state index in [0.717, 1.165) is 31.9 Å². The van der Waals surface area contributed by atoms with Crippen molar-refractivity contribution in [2.75, 3.05) is 0 Å². The first-order chi connectivity index (χ1) is 11.8. The largest absolute Gasteiger partial charge is 0.478 e. The highest BCUT2D eigenvalue weighted by Gasteiger charge is 2.29. The molecule has 0 spiro atoms. The van der Waals surface area contributed by atoms with Gasteiger partial charge in [0.2, 0.25) is 0 Å². The number of aliphatic carboxylic acids is 2. The summed E-state index contributed by atoms with van der Waals surface area (Å²) in [7, 11) is 0. The van der Waals surface area contributed by atoms with Gasteiger partial charge in [0.05, 0.1) is 12.3 Å². The number of carbonyl (C=O) groups is 2. The summed E-state index contributed by atoms with van der Waals surface area (Å²) in [6.07, 6.45) is 7.42.